The molecule has 0 amide bonds. The van der Waals surface area contributed by atoms with Crippen LogP contribution in [0.5, 0.6) is 0 Å². The van der Waals surface area contributed by atoms with Gasteiger partial charge in [0.05, 0.1) is 24.3 Å². The minimum atomic E-state index is -0.768. The van der Waals surface area contributed by atoms with E-state index in [0.717, 1.165) is 0 Å². The summed E-state index contributed by atoms with van der Waals surface area (Å²) in [5.41, 5.74) is 0.331. The quantitative estimate of drug-likeness (QED) is 0.671. The smallest absolute Gasteiger partial charge is 0.338 e. The average molecular weight is 352 g/mol. The molecule has 0 aromatic heterocycles. The van der Waals surface area contributed by atoms with Crippen molar-refractivity contribution in [3.8, 4) is 0 Å². The third-order valence-electron chi connectivity index (χ3n) is 4.03. The maximum absolute atomic E-state index is 12.9. The molecule has 3 rings (SSSR count). The molecule has 6 heteroatoms. The lowest BCUT2D eigenvalue weighted by Crippen LogP contribution is -2.25. The van der Waals surface area contributed by atoms with Crippen LogP contribution in [0.15, 0.2) is 36.4 Å². The topological polar surface area (TPSA) is 86.7 Å². The molecular formula is C20H16O6. The fourth-order valence-electron chi connectivity index (χ4n) is 2.93. The van der Waals surface area contributed by atoms with Crippen LogP contribution in [-0.4, -0.2) is 36.7 Å². The highest BCUT2D eigenvalue weighted by molar-refractivity contribution is 6.31. The van der Waals surface area contributed by atoms with Gasteiger partial charge in [-0.25, -0.2) is 9.59 Å². The molecule has 1 aliphatic rings. The van der Waals surface area contributed by atoms with E-state index in [2.05, 4.69) is 0 Å². The number of ether oxygens (including phenoxy) is 2. The van der Waals surface area contributed by atoms with Gasteiger partial charge in [-0.3, -0.25) is 9.59 Å². The van der Waals surface area contributed by atoms with Gasteiger partial charge < -0.3 is 9.47 Å². The van der Waals surface area contributed by atoms with Crippen molar-refractivity contribution in [3.05, 3.63) is 69.8 Å². The van der Waals surface area contributed by atoms with Crippen LogP contribution in [0.3, 0.4) is 0 Å². The Hall–Kier alpha value is -3.28. The molecule has 0 aliphatic heterocycles. The van der Waals surface area contributed by atoms with Gasteiger partial charge in [0.25, 0.3) is 0 Å². The molecule has 0 radical (unpaired) electrons. The number of esters is 2. The molecule has 0 atom stereocenters. The Labute approximate surface area is 149 Å². The van der Waals surface area contributed by atoms with Crippen LogP contribution < -0.4 is 0 Å². The van der Waals surface area contributed by atoms with E-state index in [4.69, 9.17) is 9.47 Å². The molecule has 2 aromatic carbocycles. The van der Waals surface area contributed by atoms with Gasteiger partial charge in [0.2, 0.25) is 0 Å². The lowest BCUT2D eigenvalue weighted by atomic mass is 9.81. The van der Waals surface area contributed by atoms with E-state index in [1.165, 1.54) is 18.2 Å². The molecule has 0 N–H and O–H groups in total. The lowest BCUT2D eigenvalue weighted by molar-refractivity contribution is 0.0522. The van der Waals surface area contributed by atoms with E-state index in [-0.39, 0.29) is 46.6 Å². The van der Waals surface area contributed by atoms with Crippen LogP contribution in [-0.2, 0) is 9.47 Å². The minimum absolute atomic E-state index is 0.00214. The van der Waals surface area contributed by atoms with Crippen LogP contribution in [0.4, 0.5) is 0 Å². The van der Waals surface area contributed by atoms with Gasteiger partial charge in [0.1, 0.15) is 0 Å². The predicted molar refractivity (Wildman–Crippen MR) is 91.7 cm³/mol. The third-order valence-corrected chi connectivity index (χ3v) is 4.03. The highest BCUT2D eigenvalue weighted by Gasteiger charge is 2.34. The van der Waals surface area contributed by atoms with Crippen molar-refractivity contribution in [2.75, 3.05) is 13.2 Å². The van der Waals surface area contributed by atoms with Crippen molar-refractivity contribution < 1.29 is 28.7 Å². The van der Waals surface area contributed by atoms with Crippen LogP contribution >= 0.6 is 0 Å². The van der Waals surface area contributed by atoms with Crippen molar-refractivity contribution in [1.82, 2.24) is 0 Å². The van der Waals surface area contributed by atoms with E-state index in [9.17, 15) is 19.2 Å². The second kappa shape index (κ2) is 6.92. The van der Waals surface area contributed by atoms with Crippen molar-refractivity contribution >= 4 is 23.5 Å². The Morgan fingerprint density at radius 1 is 0.808 bits per heavy atom. The average Bonchev–Trinajstić information content (AvgIpc) is 2.65. The third kappa shape index (κ3) is 2.79. The minimum Gasteiger partial charge on any atom is -0.462 e. The second-order valence-corrected chi connectivity index (χ2v) is 5.59. The van der Waals surface area contributed by atoms with Crippen LogP contribution in [0.2, 0.25) is 0 Å². The van der Waals surface area contributed by atoms with Crippen molar-refractivity contribution in [2.45, 2.75) is 13.8 Å². The van der Waals surface area contributed by atoms with Gasteiger partial charge in [0, 0.05) is 22.3 Å². The molecule has 0 fully saturated rings. The molecule has 1 aliphatic carbocycles. The van der Waals surface area contributed by atoms with Crippen molar-refractivity contribution in [3.63, 3.8) is 0 Å². The fourth-order valence-corrected chi connectivity index (χ4v) is 2.93. The Balaban J connectivity index is 2.26. The van der Waals surface area contributed by atoms with Gasteiger partial charge >= 0.3 is 11.9 Å². The highest BCUT2D eigenvalue weighted by Crippen LogP contribution is 2.31. The van der Waals surface area contributed by atoms with Crippen molar-refractivity contribution in [1.29, 1.82) is 0 Å². The highest BCUT2D eigenvalue weighted by atomic mass is 16.5. The van der Waals surface area contributed by atoms with Crippen molar-refractivity contribution in [2.24, 2.45) is 0 Å². The number of benzene rings is 2. The maximum Gasteiger partial charge on any atom is 0.338 e. The van der Waals surface area contributed by atoms with Gasteiger partial charge in [-0.05, 0) is 26.0 Å². The SMILES string of the molecule is CCOC(=O)c1cc(C(=O)OCC)c2c(c1)C(=O)c1ccccc1C2=O. The summed E-state index contributed by atoms with van der Waals surface area (Å²) in [5, 5.41) is 0. The Morgan fingerprint density at radius 2 is 1.38 bits per heavy atom. The first-order chi connectivity index (χ1) is 12.5. The Kier molecular flexibility index (Phi) is 4.67. The fraction of sp³-hybridized carbons (Fsp3) is 0.200. The Bertz CT molecular complexity index is 941. The zero-order valence-corrected chi connectivity index (χ0v) is 14.3. The first-order valence-electron chi connectivity index (χ1n) is 8.20. The zero-order valence-electron chi connectivity index (χ0n) is 14.3. The summed E-state index contributed by atoms with van der Waals surface area (Å²) in [4.78, 5) is 50.3. The number of ketones is 2. The molecular weight excluding hydrogens is 336 g/mol. The van der Waals surface area contributed by atoms with E-state index in [1.807, 2.05) is 0 Å². The van der Waals surface area contributed by atoms with Crippen LogP contribution in [0.25, 0.3) is 0 Å². The maximum atomic E-state index is 12.9. The molecule has 0 spiro atoms. The van der Waals surface area contributed by atoms with Crippen LogP contribution in [0, 0.1) is 0 Å². The molecule has 0 bridgehead atoms. The van der Waals surface area contributed by atoms with Gasteiger partial charge in [0.15, 0.2) is 11.6 Å². The number of carbonyl (C=O) groups excluding carboxylic acids is 4. The zero-order chi connectivity index (χ0) is 18.8. The largest absolute Gasteiger partial charge is 0.462 e. The summed E-state index contributed by atoms with van der Waals surface area (Å²) in [6, 6.07) is 8.91. The summed E-state index contributed by atoms with van der Waals surface area (Å²) in [6.07, 6.45) is 0. The molecule has 0 unspecified atom stereocenters. The van der Waals surface area contributed by atoms with Gasteiger partial charge in [-0.2, -0.15) is 0 Å². The Morgan fingerprint density at radius 3 is 2.00 bits per heavy atom. The molecule has 0 heterocycles. The molecule has 6 nitrogen and oxygen atoms in total. The molecule has 132 valence electrons. The monoisotopic (exact) mass is 352 g/mol. The number of rotatable bonds is 4. The molecule has 0 saturated carbocycles. The summed E-state index contributed by atoms with van der Waals surface area (Å²) in [5.74, 6) is -2.32. The summed E-state index contributed by atoms with van der Waals surface area (Å²) in [6.45, 7) is 3.51. The van der Waals surface area contributed by atoms with E-state index < -0.39 is 23.5 Å². The number of hydrogen-bond donors (Lipinski definition) is 0. The van der Waals surface area contributed by atoms with E-state index in [0.29, 0.717) is 0 Å². The summed E-state index contributed by atoms with van der Waals surface area (Å²) >= 11 is 0. The summed E-state index contributed by atoms with van der Waals surface area (Å²) < 4.78 is 9.96. The van der Waals surface area contributed by atoms with E-state index in [1.54, 1.807) is 32.0 Å². The molecule has 0 saturated heterocycles. The first kappa shape index (κ1) is 17.5. The summed E-state index contributed by atoms with van der Waals surface area (Å²) in [7, 11) is 0. The van der Waals surface area contributed by atoms with Gasteiger partial charge in [-0.1, -0.05) is 24.3 Å². The molecule has 26 heavy (non-hydrogen) atoms. The first-order valence-corrected chi connectivity index (χ1v) is 8.20. The van der Waals surface area contributed by atoms with Gasteiger partial charge in [-0.15, -0.1) is 0 Å². The number of carbonyl (C=O) groups is 4. The number of fused-ring (bicyclic) bond motifs is 2. The lowest BCUT2D eigenvalue weighted by Gasteiger charge is -2.20. The standard InChI is InChI=1S/C20H16O6/c1-3-25-19(23)11-9-14-16(15(10-11)20(24)26-4-2)18(22)13-8-6-5-7-12(13)17(14)21/h5-10H,3-4H2,1-2H3. The van der Waals surface area contributed by atoms with Crippen LogP contribution in [0.1, 0.15) is 66.4 Å². The number of hydrogen-bond acceptors (Lipinski definition) is 6. The second-order valence-electron chi connectivity index (χ2n) is 5.59. The molecule has 2 aromatic rings. The normalized spacial score (nSPS) is 12.2. The predicted octanol–water partition coefficient (Wildman–Crippen LogP) is 2.82. The van der Waals surface area contributed by atoms with E-state index >= 15 is 0 Å².